The highest BCUT2D eigenvalue weighted by Crippen LogP contribution is 2.19. The van der Waals surface area contributed by atoms with Gasteiger partial charge in [-0.2, -0.15) is 0 Å². The number of amides is 1. The maximum atomic E-state index is 12.4. The number of carbonyl (C=O) groups excluding carboxylic acids is 1. The molecule has 0 spiro atoms. The predicted octanol–water partition coefficient (Wildman–Crippen LogP) is 3.39. The zero-order valence-corrected chi connectivity index (χ0v) is 13.8. The summed E-state index contributed by atoms with van der Waals surface area (Å²) in [6, 6.07) is 15.0. The largest absolute Gasteiger partial charge is 0.429 e. The number of carbonyl (C=O) groups is 1. The minimum absolute atomic E-state index is 0.0695. The number of hydrogen-bond donors (Lipinski definition) is 3. The molecule has 3 N–H and O–H groups in total. The Hall–Kier alpha value is -2.44. The van der Waals surface area contributed by atoms with Crippen LogP contribution in [0.4, 0.5) is 0 Å². The summed E-state index contributed by atoms with van der Waals surface area (Å²) in [5.41, 5.74) is 2.93. The zero-order valence-electron chi connectivity index (χ0n) is 13.0. The molecule has 1 heterocycles. The molecule has 0 saturated carbocycles. The summed E-state index contributed by atoms with van der Waals surface area (Å²) in [6.07, 6.45) is 0.593. The first-order valence-electron chi connectivity index (χ1n) is 7.74. The highest BCUT2D eigenvalue weighted by Gasteiger charge is 2.14. The predicted molar refractivity (Wildman–Crippen MR) is 94.6 cm³/mol. The average Bonchev–Trinajstić information content (AvgIpc) is 2.98. The third-order valence-electron chi connectivity index (χ3n) is 3.94. The van der Waals surface area contributed by atoms with Gasteiger partial charge in [0.15, 0.2) is 5.58 Å². The Balaban J connectivity index is 1.71. The lowest BCUT2D eigenvalue weighted by Crippen LogP contribution is -2.28. The van der Waals surface area contributed by atoms with Crippen LogP contribution in [-0.2, 0) is 0 Å². The molecule has 2 aromatic carbocycles. The fraction of sp³-hybridized carbons (Fsp3) is 0.222. The Morgan fingerprint density at radius 2 is 2.04 bits per heavy atom. The van der Waals surface area contributed by atoms with Crippen LogP contribution in [-0.4, -0.2) is 29.1 Å². The van der Waals surface area contributed by atoms with E-state index in [-0.39, 0.29) is 23.3 Å². The van der Waals surface area contributed by atoms with Crippen molar-refractivity contribution in [2.45, 2.75) is 12.3 Å². The van der Waals surface area contributed by atoms with Gasteiger partial charge in [0.2, 0.25) is 0 Å². The quantitative estimate of drug-likeness (QED) is 0.600. The van der Waals surface area contributed by atoms with Gasteiger partial charge in [-0.1, -0.05) is 30.3 Å². The molecule has 0 fully saturated rings. The third-order valence-corrected chi connectivity index (χ3v) is 4.13. The van der Waals surface area contributed by atoms with Crippen LogP contribution in [0.1, 0.15) is 28.3 Å². The lowest BCUT2D eigenvalue weighted by atomic mass is 9.96. The van der Waals surface area contributed by atoms with E-state index in [0.29, 0.717) is 24.1 Å². The second-order valence-corrected chi connectivity index (χ2v) is 5.93. The van der Waals surface area contributed by atoms with Gasteiger partial charge in [-0.25, -0.2) is 0 Å². The maximum Gasteiger partial charge on any atom is 0.266 e. The average molecular weight is 342 g/mol. The van der Waals surface area contributed by atoms with Crippen molar-refractivity contribution in [3.8, 4) is 0 Å². The molecule has 124 valence electrons. The summed E-state index contributed by atoms with van der Waals surface area (Å²) in [6.45, 7) is 0.531. The lowest BCUT2D eigenvalue weighted by molar-refractivity contribution is 0.0949. The summed E-state index contributed by atoms with van der Waals surface area (Å²) >= 11 is 4.94. The first-order valence-corrected chi connectivity index (χ1v) is 8.15. The molecular weight excluding hydrogens is 324 g/mol. The third kappa shape index (κ3) is 3.72. The number of hydrogen-bond acceptors (Lipinski definition) is 4. The Morgan fingerprint density at radius 1 is 1.25 bits per heavy atom. The first kappa shape index (κ1) is 16.4. The lowest BCUT2D eigenvalue weighted by Gasteiger charge is -2.17. The molecular formula is C18H18N2O3S. The monoisotopic (exact) mass is 342 g/mol. The fourth-order valence-electron chi connectivity index (χ4n) is 2.67. The van der Waals surface area contributed by atoms with Gasteiger partial charge in [0.1, 0.15) is 0 Å². The van der Waals surface area contributed by atoms with Crippen LogP contribution in [0, 0.1) is 4.84 Å². The van der Waals surface area contributed by atoms with E-state index in [2.05, 4.69) is 10.3 Å². The normalized spacial score (nSPS) is 12.2. The summed E-state index contributed by atoms with van der Waals surface area (Å²) in [5.74, 6) is -0.113. The molecule has 0 bridgehead atoms. The van der Waals surface area contributed by atoms with Crippen molar-refractivity contribution in [2.24, 2.45) is 0 Å². The fourth-order valence-corrected chi connectivity index (χ4v) is 2.87. The van der Waals surface area contributed by atoms with E-state index in [1.807, 2.05) is 30.3 Å². The van der Waals surface area contributed by atoms with Gasteiger partial charge in [0.05, 0.1) is 5.52 Å². The Kier molecular flexibility index (Phi) is 5.08. The molecule has 0 aliphatic heterocycles. The number of oxazole rings is 1. The number of fused-ring (bicyclic) bond motifs is 1. The van der Waals surface area contributed by atoms with E-state index in [4.69, 9.17) is 16.6 Å². The SMILES string of the molecule is O=C(NCC(CCO)c1ccccc1)c1ccc2[nH]c(=S)oc2c1. The molecule has 3 rings (SSSR count). The van der Waals surface area contributed by atoms with E-state index >= 15 is 0 Å². The number of benzene rings is 2. The Bertz CT molecular complexity index is 886. The topological polar surface area (TPSA) is 78.3 Å². The molecule has 1 amide bonds. The van der Waals surface area contributed by atoms with Crippen LogP contribution in [0.15, 0.2) is 52.9 Å². The van der Waals surface area contributed by atoms with Gasteiger partial charge in [0, 0.05) is 24.6 Å². The van der Waals surface area contributed by atoms with E-state index in [1.165, 1.54) is 0 Å². The van der Waals surface area contributed by atoms with Gasteiger partial charge in [-0.15, -0.1) is 0 Å². The molecule has 1 atom stereocenters. The van der Waals surface area contributed by atoms with Crippen molar-refractivity contribution in [2.75, 3.05) is 13.2 Å². The van der Waals surface area contributed by atoms with E-state index in [9.17, 15) is 9.90 Å². The molecule has 1 unspecified atom stereocenters. The zero-order chi connectivity index (χ0) is 16.9. The van der Waals surface area contributed by atoms with Crippen LogP contribution < -0.4 is 5.32 Å². The number of aromatic nitrogens is 1. The minimum atomic E-state index is -0.182. The summed E-state index contributed by atoms with van der Waals surface area (Å²) in [5, 5.41) is 12.2. The van der Waals surface area contributed by atoms with Crippen molar-refractivity contribution in [3.05, 3.63) is 64.5 Å². The number of nitrogens with one attached hydrogen (secondary N) is 2. The molecule has 0 aliphatic carbocycles. The highest BCUT2D eigenvalue weighted by molar-refractivity contribution is 7.71. The van der Waals surface area contributed by atoms with Gasteiger partial charge < -0.3 is 19.8 Å². The van der Waals surface area contributed by atoms with Crippen LogP contribution >= 0.6 is 12.2 Å². The number of aliphatic hydroxyl groups is 1. The molecule has 24 heavy (non-hydrogen) atoms. The van der Waals surface area contributed by atoms with Crippen molar-refractivity contribution in [1.82, 2.24) is 10.3 Å². The molecule has 6 heteroatoms. The van der Waals surface area contributed by atoms with Crippen LogP contribution in [0.3, 0.4) is 0 Å². The van der Waals surface area contributed by atoms with Crippen LogP contribution in [0.5, 0.6) is 0 Å². The standard InChI is InChI=1S/C18H18N2O3S/c21-9-8-14(12-4-2-1-3-5-12)11-19-17(22)13-6-7-15-16(10-13)23-18(24)20-15/h1-7,10,14,21H,8-9,11H2,(H,19,22)(H,20,24). The second kappa shape index (κ2) is 7.42. The number of aliphatic hydroxyl groups excluding tert-OH is 1. The van der Waals surface area contributed by atoms with E-state index in [1.54, 1.807) is 18.2 Å². The summed E-state index contributed by atoms with van der Waals surface area (Å²) in [4.78, 5) is 15.6. The number of aromatic amines is 1. The molecule has 5 nitrogen and oxygen atoms in total. The summed E-state index contributed by atoms with van der Waals surface area (Å²) < 4.78 is 5.34. The minimum Gasteiger partial charge on any atom is -0.429 e. The smallest absolute Gasteiger partial charge is 0.266 e. The van der Waals surface area contributed by atoms with Crippen LogP contribution in [0.2, 0.25) is 0 Å². The van der Waals surface area contributed by atoms with Crippen LogP contribution in [0.25, 0.3) is 11.1 Å². The first-order chi connectivity index (χ1) is 11.7. The van der Waals surface area contributed by atoms with Gasteiger partial charge in [-0.05, 0) is 42.4 Å². The van der Waals surface area contributed by atoms with Gasteiger partial charge >= 0.3 is 0 Å². The molecule has 0 radical (unpaired) electrons. The van der Waals surface area contributed by atoms with Crippen molar-refractivity contribution >= 4 is 29.2 Å². The maximum absolute atomic E-state index is 12.4. The number of rotatable bonds is 6. The second-order valence-electron chi connectivity index (χ2n) is 5.56. The Labute approximate surface area is 144 Å². The molecule has 1 aromatic heterocycles. The van der Waals surface area contributed by atoms with E-state index in [0.717, 1.165) is 11.1 Å². The Morgan fingerprint density at radius 3 is 2.79 bits per heavy atom. The van der Waals surface area contributed by atoms with Gasteiger partial charge in [0.25, 0.3) is 10.7 Å². The summed E-state index contributed by atoms with van der Waals surface area (Å²) in [7, 11) is 0. The number of H-pyrrole nitrogens is 1. The van der Waals surface area contributed by atoms with Crippen molar-refractivity contribution in [3.63, 3.8) is 0 Å². The molecule has 0 saturated heterocycles. The van der Waals surface area contributed by atoms with Crippen molar-refractivity contribution in [1.29, 1.82) is 0 Å². The van der Waals surface area contributed by atoms with Crippen molar-refractivity contribution < 1.29 is 14.3 Å². The highest BCUT2D eigenvalue weighted by atomic mass is 32.1. The van der Waals surface area contributed by atoms with E-state index < -0.39 is 0 Å². The molecule has 0 aliphatic rings. The van der Waals surface area contributed by atoms with Gasteiger partial charge in [-0.3, -0.25) is 4.79 Å². The molecule has 3 aromatic rings.